The summed E-state index contributed by atoms with van der Waals surface area (Å²) in [5.74, 6) is 0.387. The van der Waals surface area contributed by atoms with E-state index in [-0.39, 0.29) is 29.3 Å². The Labute approximate surface area is 213 Å². The molecule has 0 bridgehead atoms. The van der Waals surface area contributed by atoms with Gasteiger partial charge in [0.1, 0.15) is 23.4 Å². The van der Waals surface area contributed by atoms with Gasteiger partial charge in [0.2, 0.25) is 17.7 Å². The SMILES string of the molecule is C=CC(=O)N1CCC(n2cc(Nc3ncc(C(N)=O)c(Nc4c(OC)ncnc4C4CC4)n3)cn2)CC1. The molecule has 0 aromatic carbocycles. The normalized spacial score (nSPS) is 15.8. The van der Waals surface area contributed by atoms with Crippen molar-refractivity contribution in [2.45, 2.75) is 37.6 Å². The van der Waals surface area contributed by atoms with Crippen molar-refractivity contribution in [2.75, 3.05) is 30.8 Å². The first-order valence-electron chi connectivity index (χ1n) is 12.0. The summed E-state index contributed by atoms with van der Waals surface area (Å²) in [4.78, 5) is 43.1. The quantitative estimate of drug-likeness (QED) is 0.368. The van der Waals surface area contributed by atoms with Crippen molar-refractivity contribution in [2.24, 2.45) is 5.73 Å². The third-order valence-corrected chi connectivity index (χ3v) is 6.48. The fourth-order valence-corrected chi connectivity index (χ4v) is 4.37. The number of nitrogens with two attached hydrogens (primary N) is 1. The molecule has 0 radical (unpaired) electrons. The van der Waals surface area contributed by atoms with Crippen LogP contribution < -0.4 is 21.1 Å². The Morgan fingerprint density at radius 2 is 1.92 bits per heavy atom. The molecule has 2 fully saturated rings. The Morgan fingerprint density at radius 1 is 1.14 bits per heavy atom. The van der Waals surface area contributed by atoms with Gasteiger partial charge in [-0.1, -0.05) is 6.58 Å². The molecule has 13 heteroatoms. The summed E-state index contributed by atoms with van der Waals surface area (Å²) in [6.07, 6.45) is 11.3. The number of primary amides is 1. The van der Waals surface area contributed by atoms with E-state index < -0.39 is 5.91 Å². The maximum absolute atomic E-state index is 12.1. The zero-order valence-electron chi connectivity index (χ0n) is 20.4. The van der Waals surface area contributed by atoms with E-state index in [1.807, 2.05) is 10.9 Å². The van der Waals surface area contributed by atoms with Gasteiger partial charge in [-0.3, -0.25) is 14.3 Å². The van der Waals surface area contributed by atoms with Crippen molar-refractivity contribution in [1.29, 1.82) is 0 Å². The Kier molecular flexibility index (Phi) is 6.66. The molecule has 4 N–H and O–H groups in total. The first kappa shape index (κ1) is 24.2. The summed E-state index contributed by atoms with van der Waals surface area (Å²) < 4.78 is 7.30. The molecule has 2 aliphatic rings. The Balaban J connectivity index is 1.34. The van der Waals surface area contributed by atoms with Crippen LogP contribution in [0.2, 0.25) is 0 Å². The summed E-state index contributed by atoms with van der Waals surface area (Å²) in [7, 11) is 1.52. The zero-order valence-corrected chi connectivity index (χ0v) is 20.4. The number of methoxy groups -OCH3 is 1. The topological polar surface area (TPSA) is 166 Å². The van der Waals surface area contributed by atoms with E-state index in [1.165, 1.54) is 25.7 Å². The van der Waals surface area contributed by atoms with Crippen molar-refractivity contribution >= 4 is 35.0 Å². The largest absolute Gasteiger partial charge is 0.479 e. The molecule has 1 aliphatic heterocycles. The summed E-state index contributed by atoms with van der Waals surface area (Å²) in [6, 6.07) is 0.172. The number of nitrogens with zero attached hydrogens (tertiary/aromatic N) is 7. The lowest BCUT2D eigenvalue weighted by Gasteiger charge is -2.31. The van der Waals surface area contributed by atoms with Crippen LogP contribution in [0.5, 0.6) is 5.88 Å². The van der Waals surface area contributed by atoms with Crippen LogP contribution in [0.4, 0.5) is 23.1 Å². The van der Waals surface area contributed by atoms with E-state index in [1.54, 1.807) is 11.1 Å². The van der Waals surface area contributed by atoms with Crippen LogP contribution in [-0.4, -0.2) is 66.6 Å². The van der Waals surface area contributed by atoms with Gasteiger partial charge in [-0.25, -0.2) is 9.97 Å². The number of piperidine rings is 1. The predicted octanol–water partition coefficient (Wildman–Crippen LogP) is 2.28. The summed E-state index contributed by atoms with van der Waals surface area (Å²) in [6.45, 7) is 4.86. The van der Waals surface area contributed by atoms with Gasteiger partial charge < -0.3 is 26.0 Å². The summed E-state index contributed by atoms with van der Waals surface area (Å²) >= 11 is 0. The third-order valence-electron chi connectivity index (χ3n) is 6.48. The van der Waals surface area contributed by atoms with Crippen LogP contribution in [0.1, 0.15) is 53.7 Å². The molecule has 2 amide bonds. The van der Waals surface area contributed by atoms with E-state index >= 15 is 0 Å². The number of anilines is 4. The van der Waals surface area contributed by atoms with Crippen LogP contribution >= 0.6 is 0 Å². The average Bonchev–Trinajstić information content (AvgIpc) is 3.66. The van der Waals surface area contributed by atoms with Crippen molar-refractivity contribution in [3.63, 3.8) is 0 Å². The molecule has 1 saturated carbocycles. The van der Waals surface area contributed by atoms with Gasteiger partial charge in [0.15, 0.2) is 0 Å². The highest BCUT2D eigenvalue weighted by Gasteiger charge is 2.30. The second-order valence-corrected chi connectivity index (χ2v) is 8.96. The van der Waals surface area contributed by atoms with Gasteiger partial charge >= 0.3 is 0 Å². The molecule has 5 rings (SSSR count). The minimum Gasteiger partial charge on any atom is -0.479 e. The average molecular weight is 505 g/mol. The second-order valence-electron chi connectivity index (χ2n) is 8.96. The van der Waals surface area contributed by atoms with Gasteiger partial charge in [0, 0.05) is 31.4 Å². The third kappa shape index (κ3) is 5.20. The van der Waals surface area contributed by atoms with Crippen molar-refractivity contribution in [3.05, 3.63) is 48.8 Å². The fourth-order valence-electron chi connectivity index (χ4n) is 4.37. The van der Waals surface area contributed by atoms with Gasteiger partial charge in [-0.05, 0) is 31.8 Å². The van der Waals surface area contributed by atoms with E-state index in [0.29, 0.717) is 36.3 Å². The van der Waals surface area contributed by atoms with E-state index in [0.717, 1.165) is 31.4 Å². The van der Waals surface area contributed by atoms with Gasteiger partial charge in [0.25, 0.3) is 5.91 Å². The lowest BCUT2D eigenvalue weighted by atomic mass is 10.1. The van der Waals surface area contributed by atoms with Crippen LogP contribution in [0.15, 0.2) is 37.6 Å². The van der Waals surface area contributed by atoms with Crippen molar-refractivity contribution < 1.29 is 14.3 Å². The molecule has 1 saturated heterocycles. The Bertz CT molecular complexity index is 1330. The summed E-state index contributed by atoms with van der Waals surface area (Å²) in [5.41, 5.74) is 7.74. The molecular weight excluding hydrogens is 476 g/mol. The molecule has 37 heavy (non-hydrogen) atoms. The number of nitrogens with one attached hydrogen (secondary N) is 2. The molecule has 1 aliphatic carbocycles. The van der Waals surface area contributed by atoms with E-state index in [2.05, 4.69) is 42.2 Å². The molecule has 0 spiro atoms. The summed E-state index contributed by atoms with van der Waals surface area (Å²) in [5, 5.41) is 10.8. The number of amides is 2. The Morgan fingerprint density at radius 3 is 2.59 bits per heavy atom. The van der Waals surface area contributed by atoms with Crippen molar-refractivity contribution in [3.8, 4) is 5.88 Å². The van der Waals surface area contributed by atoms with E-state index in [4.69, 9.17) is 10.5 Å². The smallest absolute Gasteiger partial charge is 0.254 e. The minimum atomic E-state index is -0.674. The molecule has 0 atom stereocenters. The van der Waals surface area contributed by atoms with Crippen LogP contribution in [-0.2, 0) is 4.79 Å². The Hall–Kier alpha value is -4.55. The van der Waals surface area contributed by atoms with Crippen LogP contribution in [0.25, 0.3) is 0 Å². The molecule has 0 unspecified atom stereocenters. The van der Waals surface area contributed by atoms with Crippen LogP contribution in [0, 0.1) is 0 Å². The highest BCUT2D eigenvalue weighted by Crippen LogP contribution is 2.45. The molecule has 192 valence electrons. The maximum atomic E-state index is 12.1. The maximum Gasteiger partial charge on any atom is 0.254 e. The number of carbonyl (C=O) groups is 2. The predicted molar refractivity (Wildman–Crippen MR) is 135 cm³/mol. The number of hydrogen-bond donors (Lipinski definition) is 3. The molecule has 3 aromatic heterocycles. The lowest BCUT2D eigenvalue weighted by molar-refractivity contribution is -0.127. The highest BCUT2D eigenvalue weighted by molar-refractivity contribution is 5.98. The number of carbonyl (C=O) groups excluding carboxylic acids is 2. The van der Waals surface area contributed by atoms with Gasteiger partial charge in [-0.2, -0.15) is 15.1 Å². The van der Waals surface area contributed by atoms with Gasteiger partial charge in [-0.15, -0.1) is 0 Å². The number of aromatic nitrogens is 6. The molecular formula is C24H28N10O3. The number of rotatable bonds is 9. The standard InChI is InChI=1S/C24H28N10O3/c1-3-18(35)33-8-6-16(7-9-33)34-12-15(10-29-34)30-24-26-11-17(21(25)36)22(32-24)31-20-19(14-4-5-14)27-13-28-23(20)37-2/h3,10-14,16H,1,4-9H2,2H3,(H2,25,36)(H2,26,30,31,32). The number of ether oxygens (including phenoxy) is 1. The van der Waals surface area contributed by atoms with Crippen LogP contribution in [0.3, 0.4) is 0 Å². The zero-order chi connectivity index (χ0) is 25.9. The number of likely N-dealkylation sites (tertiary alicyclic amines) is 1. The second kappa shape index (κ2) is 10.2. The first-order chi connectivity index (χ1) is 18.0. The lowest BCUT2D eigenvalue weighted by Crippen LogP contribution is -2.38. The molecule has 4 heterocycles. The first-order valence-corrected chi connectivity index (χ1v) is 12.0. The van der Waals surface area contributed by atoms with E-state index in [9.17, 15) is 9.59 Å². The molecule has 13 nitrogen and oxygen atoms in total. The fraction of sp³-hybridized carbons (Fsp3) is 0.375. The minimum absolute atomic E-state index is 0.0498. The monoisotopic (exact) mass is 504 g/mol. The molecule has 3 aromatic rings. The number of hydrogen-bond acceptors (Lipinski definition) is 10. The highest BCUT2D eigenvalue weighted by atomic mass is 16.5. The van der Waals surface area contributed by atoms with Gasteiger partial charge in [0.05, 0.1) is 30.7 Å². The van der Waals surface area contributed by atoms with Crippen molar-refractivity contribution in [1.82, 2.24) is 34.6 Å².